The summed E-state index contributed by atoms with van der Waals surface area (Å²) in [5.41, 5.74) is 5.90. The molecule has 0 saturated carbocycles. The summed E-state index contributed by atoms with van der Waals surface area (Å²) in [5.74, 6) is -0.216. The standard InChI is InChI=1S/C12H15Cl2N3OS/c1-7(2)15-12(19)17-16-11(18)6-8-3-4-9(13)10(14)5-8/h3-5,7H,6H2,1-2H3,(H,16,18)(H2,15,17,19). The van der Waals surface area contributed by atoms with Crippen LogP contribution < -0.4 is 16.2 Å². The van der Waals surface area contributed by atoms with E-state index in [1.807, 2.05) is 13.8 Å². The Morgan fingerprint density at radius 2 is 1.95 bits per heavy atom. The molecule has 0 aliphatic carbocycles. The molecular formula is C12H15Cl2N3OS. The molecule has 3 N–H and O–H groups in total. The molecule has 0 bridgehead atoms. The van der Waals surface area contributed by atoms with Gasteiger partial charge in [-0.1, -0.05) is 29.3 Å². The van der Waals surface area contributed by atoms with E-state index in [1.165, 1.54) is 0 Å². The third kappa shape index (κ3) is 6.09. The van der Waals surface area contributed by atoms with E-state index in [2.05, 4.69) is 16.2 Å². The van der Waals surface area contributed by atoms with Gasteiger partial charge in [0.15, 0.2) is 5.11 Å². The maximum Gasteiger partial charge on any atom is 0.242 e. The van der Waals surface area contributed by atoms with E-state index in [1.54, 1.807) is 18.2 Å². The molecule has 0 aromatic heterocycles. The Labute approximate surface area is 127 Å². The van der Waals surface area contributed by atoms with Crippen molar-refractivity contribution >= 4 is 46.4 Å². The van der Waals surface area contributed by atoms with Gasteiger partial charge in [0.25, 0.3) is 0 Å². The fraction of sp³-hybridized carbons (Fsp3) is 0.333. The van der Waals surface area contributed by atoms with E-state index >= 15 is 0 Å². The minimum atomic E-state index is -0.216. The first-order chi connectivity index (χ1) is 8.88. The van der Waals surface area contributed by atoms with Crippen LogP contribution in [0.2, 0.25) is 10.0 Å². The highest BCUT2D eigenvalue weighted by Crippen LogP contribution is 2.22. The van der Waals surface area contributed by atoms with Gasteiger partial charge >= 0.3 is 0 Å². The summed E-state index contributed by atoms with van der Waals surface area (Å²) >= 11 is 16.6. The van der Waals surface area contributed by atoms with Crippen LogP contribution in [-0.2, 0) is 11.2 Å². The molecule has 0 radical (unpaired) electrons. The molecule has 4 nitrogen and oxygen atoms in total. The van der Waals surface area contributed by atoms with Gasteiger partial charge in [-0.25, -0.2) is 0 Å². The number of thiocarbonyl (C=S) groups is 1. The second-order valence-electron chi connectivity index (χ2n) is 4.23. The summed E-state index contributed by atoms with van der Waals surface area (Å²) in [5, 5.41) is 4.21. The van der Waals surface area contributed by atoms with Crippen LogP contribution in [0.4, 0.5) is 0 Å². The van der Waals surface area contributed by atoms with Crippen LogP contribution in [-0.4, -0.2) is 17.1 Å². The highest BCUT2D eigenvalue weighted by molar-refractivity contribution is 7.80. The molecule has 0 atom stereocenters. The summed E-state index contributed by atoms with van der Waals surface area (Å²) in [6.07, 6.45) is 0.189. The van der Waals surface area contributed by atoms with E-state index in [4.69, 9.17) is 35.4 Å². The number of amides is 1. The van der Waals surface area contributed by atoms with E-state index in [0.717, 1.165) is 5.56 Å². The van der Waals surface area contributed by atoms with Gasteiger partial charge in [0, 0.05) is 6.04 Å². The minimum Gasteiger partial charge on any atom is -0.359 e. The van der Waals surface area contributed by atoms with Gasteiger partial charge in [-0.3, -0.25) is 15.6 Å². The molecule has 104 valence electrons. The highest BCUT2D eigenvalue weighted by atomic mass is 35.5. The van der Waals surface area contributed by atoms with Crippen LogP contribution in [0.3, 0.4) is 0 Å². The smallest absolute Gasteiger partial charge is 0.242 e. The van der Waals surface area contributed by atoms with Crippen LogP contribution in [0.1, 0.15) is 19.4 Å². The molecule has 19 heavy (non-hydrogen) atoms. The quantitative estimate of drug-likeness (QED) is 0.591. The Bertz CT molecular complexity index is 480. The first-order valence-electron chi connectivity index (χ1n) is 5.67. The van der Waals surface area contributed by atoms with Crippen molar-refractivity contribution in [2.45, 2.75) is 26.3 Å². The molecule has 1 aromatic rings. The molecule has 0 aliphatic heterocycles. The minimum absolute atomic E-state index is 0.189. The molecule has 1 amide bonds. The zero-order chi connectivity index (χ0) is 14.4. The number of benzene rings is 1. The zero-order valence-electron chi connectivity index (χ0n) is 10.6. The van der Waals surface area contributed by atoms with Gasteiger partial charge in [-0.15, -0.1) is 0 Å². The summed E-state index contributed by atoms with van der Waals surface area (Å²) < 4.78 is 0. The summed E-state index contributed by atoms with van der Waals surface area (Å²) in [4.78, 5) is 11.7. The van der Waals surface area contributed by atoms with Crippen molar-refractivity contribution < 1.29 is 4.79 Å². The topological polar surface area (TPSA) is 53.2 Å². The van der Waals surface area contributed by atoms with Crippen molar-refractivity contribution in [3.05, 3.63) is 33.8 Å². The van der Waals surface area contributed by atoms with Gasteiger partial charge in [-0.2, -0.15) is 0 Å². The lowest BCUT2D eigenvalue weighted by atomic mass is 10.1. The number of carbonyl (C=O) groups is 1. The lowest BCUT2D eigenvalue weighted by Crippen LogP contribution is -2.48. The van der Waals surface area contributed by atoms with Crippen molar-refractivity contribution in [3.8, 4) is 0 Å². The van der Waals surface area contributed by atoms with Crippen molar-refractivity contribution in [3.63, 3.8) is 0 Å². The highest BCUT2D eigenvalue weighted by Gasteiger charge is 2.06. The number of hydrogen-bond donors (Lipinski definition) is 3. The fourth-order valence-corrected chi connectivity index (χ4v) is 1.91. The first kappa shape index (κ1) is 16.0. The number of hydrazine groups is 1. The number of hydrogen-bond acceptors (Lipinski definition) is 2. The van der Waals surface area contributed by atoms with E-state index < -0.39 is 0 Å². The molecule has 1 rings (SSSR count). The summed E-state index contributed by atoms with van der Waals surface area (Å²) in [6, 6.07) is 5.27. The van der Waals surface area contributed by atoms with Gasteiger partial charge < -0.3 is 5.32 Å². The molecule has 7 heteroatoms. The SMILES string of the molecule is CC(C)NC(=S)NNC(=O)Cc1ccc(Cl)c(Cl)c1. The Kier molecular flexibility index (Phi) is 6.34. The van der Waals surface area contributed by atoms with Gasteiger partial charge in [0.2, 0.25) is 5.91 Å². The Hall–Kier alpha value is -1.04. The molecule has 0 aliphatic rings. The lowest BCUT2D eigenvalue weighted by molar-refractivity contribution is -0.121. The maximum absolute atomic E-state index is 11.7. The molecular weight excluding hydrogens is 305 g/mol. The van der Waals surface area contributed by atoms with Crippen LogP contribution in [0.5, 0.6) is 0 Å². The molecule has 0 fully saturated rings. The van der Waals surface area contributed by atoms with Gasteiger partial charge in [0.05, 0.1) is 16.5 Å². The largest absolute Gasteiger partial charge is 0.359 e. The monoisotopic (exact) mass is 319 g/mol. The summed E-state index contributed by atoms with van der Waals surface area (Å²) in [7, 11) is 0. The Morgan fingerprint density at radius 3 is 2.53 bits per heavy atom. The molecule has 1 aromatic carbocycles. The number of halogens is 2. The third-order valence-electron chi connectivity index (χ3n) is 2.08. The van der Waals surface area contributed by atoms with Crippen molar-refractivity contribution in [1.29, 1.82) is 0 Å². The van der Waals surface area contributed by atoms with Gasteiger partial charge in [0.1, 0.15) is 0 Å². The number of nitrogens with one attached hydrogen (secondary N) is 3. The van der Waals surface area contributed by atoms with Gasteiger partial charge in [-0.05, 0) is 43.8 Å². The first-order valence-corrected chi connectivity index (χ1v) is 6.84. The molecule has 0 spiro atoms. The zero-order valence-corrected chi connectivity index (χ0v) is 12.9. The second kappa shape index (κ2) is 7.53. The average molecular weight is 320 g/mol. The van der Waals surface area contributed by atoms with E-state index in [9.17, 15) is 4.79 Å². The van der Waals surface area contributed by atoms with Crippen molar-refractivity contribution in [2.24, 2.45) is 0 Å². The Balaban J connectivity index is 2.43. The van der Waals surface area contributed by atoms with E-state index in [0.29, 0.717) is 15.2 Å². The third-order valence-corrected chi connectivity index (χ3v) is 3.04. The van der Waals surface area contributed by atoms with E-state index in [-0.39, 0.29) is 18.4 Å². The van der Waals surface area contributed by atoms with Crippen molar-refractivity contribution in [2.75, 3.05) is 0 Å². The maximum atomic E-state index is 11.7. The average Bonchev–Trinajstić information content (AvgIpc) is 2.30. The lowest BCUT2D eigenvalue weighted by Gasteiger charge is -2.13. The van der Waals surface area contributed by atoms with Crippen LogP contribution in [0.15, 0.2) is 18.2 Å². The van der Waals surface area contributed by atoms with Crippen molar-refractivity contribution in [1.82, 2.24) is 16.2 Å². The molecule has 0 saturated heterocycles. The molecule has 0 heterocycles. The number of rotatable bonds is 3. The van der Waals surface area contributed by atoms with Crippen LogP contribution in [0.25, 0.3) is 0 Å². The second-order valence-corrected chi connectivity index (χ2v) is 5.45. The summed E-state index contributed by atoms with van der Waals surface area (Å²) in [6.45, 7) is 3.90. The fourth-order valence-electron chi connectivity index (χ4n) is 1.30. The predicted octanol–water partition coefficient (Wildman–Crippen LogP) is 2.44. The predicted molar refractivity (Wildman–Crippen MR) is 82.3 cm³/mol. The van der Waals surface area contributed by atoms with Crippen LogP contribution in [0, 0.1) is 0 Å². The Morgan fingerprint density at radius 1 is 1.26 bits per heavy atom. The number of carbonyl (C=O) groups excluding carboxylic acids is 1. The normalized spacial score (nSPS) is 10.2. The molecule has 0 unspecified atom stereocenters. The van der Waals surface area contributed by atoms with Crippen LogP contribution >= 0.6 is 35.4 Å².